The number of hydrogen-bond acceptors (Lipinski definition) is 4. The molecule has 288 valence electrons. The molecule has 4 rings (SSSR count). The Morgan fingerprint density at radius 2 is 0.792 bits per heavy atom. The molecule has 0 aliphatic heterocycles. The first kappa shape index (κ1) is 43.1. The van der Waals surface area contributed by atoms with Gasteiger partial charge < -0.3 is 18.4 Å². The molecule has 0 amide bonds. The second-order valence-corrected chi connectivity index (χ2v) is 31.6. The van der Waals surface area contributed by atoms with E-state index in [1.165, 1.54) is 20.7 Å². The van der Waals surface area contributed by atoms with Gasteiger partial charge in [0, 0.05) is 12.7 Å². The van der Waals surface area contributed by atoms with Gasteiger partial charge in [-0.25, -0.2) is 0 Å². The van der Waals surface area contributed by atoms with E-state index in [9.17, 15) is 5.11 Å². The predicted octanol–water partition coefficient (Wildman–Crippen LogP) is 9.45. The smallest absolute Gasteiger partial charge is 0.261 e. The molecule has 0 spiro atoms. The molecule has 7 heteroatoms. The van der Waals surface area contributed by atoms with E-state index >= 15 is 0 Å². The van der Waals surface area contributed by atoms with Gasteiger partial charge >= 0.3 is 0 Å². The summed E-state index contributed by atoms with van der Waals surface area (Å²) in [5.74, 6) is 0. The van der Waals surface area contributed by atoms with Crippen molar-refractivity contribution in [1.82, 2.24) is 0 Å². The highest BCUT2D eigenvalue weighted by Gasteiger charge is 2.53. The zero-order valence-corrected chi connectivity index (χ0v) is 37.6. The maximum absolute atomic E-state index is 10.4. The first-order chi connectivity index (χ1) is 24.9. The standard InChI is InChI=1S/C46H68O4Si3/c1-44(2,3)51(10,11)48-37-39(50-53(46(7,8)9,42-31-20-14-21-32-42)43-33-22-15-23-34-43)26-24-25-38(35-36-47)49-52(45(4,5)6,40-27-16-12-17-28-40)41-29-18-13-19-30-41/h12-23,27-34,38-39,47H,24-26,35-37H2,1-11H3/t38-,39+/m0/s1. The Labute approximate surface area is 325 Å². The van der Waals surface area contributed by atoms with Crippen molar-refractivity contribution in [2.45, 2.75) is 128 Å². The van der Waals surface area contributed by atoms with Crippen LogP contribution in [0.2, 0.25) is 28.2 Å². The molecule has 53 heavy (non-hydrogen) atoms. The summed E-state index contributed by atoms with van der Waals surface area (Å²) in [5, 5.41) is 15.3. The number of aliphatic hydroxyl groups excluding tert-OH is 1. The molecule has 1 N–H and O–H groups in total. The van der Waals surface area contributed by atoms with Crippen LogP contribution in [0, 0.1) is 0 Å². The molecule has 0 bridgehead atoms. The van der Waals surface area contributed by atoms with Crippen LogP contribution in [0.4, 0.5) is 0 Å². The highest BCUT2D eigenvalue weighted by Crippen LogP contribution is 2.41. The van der Waals surface area contributed by atoms with E-state index in [1.54, 1.807) is 0 Å². The maximum atomic E-state index is 10.4. The SMILES string of the molecule is CC(C)(C)[Si](C)(C)OC[C@@H](CCC[C@@H](CCO)O[Si](c1ccccc1)(c1ccccc1)C(C)(C)C)O[Si](c1ccccc1)(c1ccccc1)C(C)(C)C. The summed E-state index contributed by atoms with van der Waals surface area (Å²) in [5.41, 5.74) is 0. The summed E-state index contributed by atoms with van der Waals surface area (Å²) in [6.07, 6.45) is 2.92. The van der Waals surface area contributed by atoms with E-state index in [4.69, 9.17) is 13.3 Å². The van der Waals surface area contributed by atoms with E-state index in [-0.39, 0.29) is 33.9 Å². The Balaban J connectivity index is 1.73. The summed E-state index contributed by atoms with van der Waals surface area (Å²) in [6, 6.07) is 43.5. The fourth-order valence-electron chi connectivity index (χ4n) is 7.56. The lowest BCUT2D eigenvalue weighted by Crippen LogP contribution is -2.68. The minimum atomic E-state index is -2.83. The van der Waals surface area contributed by atoms with Crippen LogP contribution < -0.4 is 20.7 Å². The third-order valence-corrected chi connectivity index (χ3v) is 26.1. The molecular weight excluding hydrogens is 701 g/mol. The average molecular weight is 769 g/mol. The van der Waals surface area contributed by atoms with Crippen LogP contribution in [0.25, 0.3) is 0 Å². The minimum absolute atomic E-state index is 0.0827. The molecule has 4 aromatic carbocycles. The van der Waals surface area contributed by atoms with E-state index in [2.05, 4.69) is 197 Å². The summed E-state index contributed by atoms with van der Waals surface area (Å²) in [4.78, 5) is 0. The quantitative estimate of drug-likeness (QED) is 0.109. The fraction of sp³-hybridized carbons (Fsp3) is 0.478. The first-order valence-corrected chi connectivity index (χ1v) is 26.4. The van der Waals surface area contributed by atoms with Crippen LogP contribution in [0.5, 0.6) is 0 Å². The van der Waals surface area contributed by atoms with Gasteiger partial charge in [0.15, 0.2) is 8.32 Å². The van der Waals surface area contributed by atoms with Crippen molar-refractivity contribution in [3.05, 3.63) is 121 Å². The second-order valence-electron chi connectivity index (χ2n) is 18.3. The zero-order chi connectivity index (χ0) is 39.0. The normalized spacial score (nSPS) is 14.6. The third-order valence-electron chi connectivity index (χ3n) is 11.5. The molecule has 2 atom stereocenters. The van der Waals surface area contributed by atoms with Crippen LogP contribution in [0.15, 0.2) is 121 Å². The molecule has 4 nitrogen and oxygen atoms in total. The Morgan fingerprint density at radius 3 is 1.09 bits per heavy atom. The van der Waals surface area contributed by atoms with Crippen LogP contribution in [-0.2, 0) is 13.3 Å². The Morgan fingerprint density at radius 1 is 0.472 bits per heavy atom. The van der Waals surface area contributed by atoms with Crippen molar-refractivity contribution in [2.24, 2.45) is 0 Å². The molecule has 0 saturated carbocycles. The fourth-order valence-corrected chi connectivity index (χ4v) is 18.0. The lowest BCUT2D eigenvalue weighted by molar-refractivity contribution is 0.0920. The third kappa shape index (κ3) is 9.98. The van der Waals surface area contributed by atoms with Crippen molar-refractivity contribution in [3.63, 3.8) is 0 Å². The van der Waals surface area contributed by atoms with Crippen LogP contribution in [0.1, 0.15) is 88.0 Å². The first-order valence-electron chi connectivity index (χ1n) is 19.7. The van der Waals surface area contributed by atoms with Gasteiger partial charge in [0.25, 0.3) is 16.6 Å². The van der Waals surface area contributed by atoms with Gasteiger partial charge in [-0.05, 0) is 74.6 Å². The highest BCUT2D eigenvalue weighted by molar-refractivity contribution is 7.00. The summed E-state index contributed by atoms with van der Waals surface area (Å²) in [7, 11) is -7.69. The van der Waals surface area contributed by atoms with Crippen molar-refractivity contribution >= 4 is 45.7 Å². The molecule has 4 aromatic rings. The summed E-state index contributed by atoms with van der Waals surface area (Å²) >= 11 is 0. The van der Waals surface area contributed by atoms with Gasteiger partial charge in [-0.1, -0.05) is 184 Å². The molecule has 0 fully saturated rings. The van der Waals surface area contributed by atoms with Gasteiger partial charge in [-0.15, -0.1) is 0 Å². The molecular formula is C46H68O4Si3. The minimum Gasteiger partial charge on any atom is -0.414 e. The van der Waals surface area contributed by atoms with E-state index < -0.39 is 25.0 Å². The monoisotopic (exact) mass is 768 g/mol. The zero-order valence-electron chi connectivity index (χ0n) is 34.6. The van der Waals surface area contributed by atoms with Gasteiger partial charge in [-0.3, -0.25) is 0 Å². The molecule has 0 aromatic heterocycles. The maximum Gasteiger partial charge on any atom is 0.261 e. The lowest BCUT2D eigenvalue weighted by atomic mass is 10.1. The van der Waals surface area contributed by atoms with E-state index in [0.717, 1.165) is 19.3 Å². The van der Waals surface area contributed by atoms with Crippen molar-refractivity contribution < 1.29 is 18.4 Å². The topological polar surface area (TPSA) is 47.9 Å². The Kier molecular flexibility index (Phi) is 14.5. The van der Waals surface area contributed by atoms with Crippen molar-refractivity contribution in [2.75, 3.05) is 13.2 Å². The molecule has 0 aliphatic rings. The van der Waals surface area contributed by atoms with Gasteiger partial charge in [-0.2, -0.15) is 0 Å². The van der Waals surface area contributed by atoms with Gasteiger partial charge in [0.05, 0.1) is 12.7 Å². The molecule has 0 radical (unpaired) electrons. The lowest BCUT2D eigenvalue weighted by Gasteiger charge is -2.46. The number of benzene rings is 4. The van der Waals surface area contributed by atoms with E-state index in [0.29, 0.717) is 13.0 Å². The molecule has 0 heterocycles. The largest absolute Gasteiger partial charge is 0.414 e. The highest BCUT2D eigenvalue weighted by atomic mass is 28.4. The van der Waals surface area contributed by atoms with Gasteiger partial charge in [0.1, 0.15) is 0 Å². The van der Waals surface area contributed by atoms with Crippen LogP contribution in [-0.4, -0.2) is 55.5 Å². The summed E-state index contributed by atoms with van der Waals surface area (Å²) < 4.78 is 22.3. The second kappa shape index (κ2) is 17.9. The number of aliphatic hydroxyl groups is 1. The Hall–Kier alpha value is -2.63. The van der Waals surface area contributed by atoms with Gasteiger partial charge in [0.2, 0.25) is 0 Å². The Bertz CT molecular complexity index is 1570. The average Bonchev–Trinajstić information content (AvgIpc) is 3.11. The van der Waals surface area contributed by atoms with Crippen LogP contribution >= 0.6 is 0 Å². The van der Waals surface area contributed by atoms with Crippen molar-refractivity contribution in [1.29, 1.82) is 0 Å². The molecule has 0 saturated heterocycles. The van der Waals surface area contributed by atoms with E-state index in [1.807, 2.05) is 0 Å². The van der Waals surface area contributed by atoms with Crippen molar-refractivity contribution in [3.8, 4) is 0 Å². The number of rotatable bonds is 17. The summed E-state index contributed by atoms with van der Waals surface area (Å²) in [6.45, 7) is 26.2. The molecule has 0 aliphatic carbocycles. The predicted molar refractivity (Wildman–Crippen MR) is 234 cm³/mol. The number of hydrogen-bond donors (Lipinski definition) is 1. The molecule has 0 unspecified atom stereocenters. The van der Waals surface area contributed by atoms with Crippen LogP contribution in [0.3, 0.4) is 0 Å².